The molecule has 0 aromatic rings. The minimum atomic E-state index is -0.363. The van der Waals surface area contributed by atoms with E-state index in [4.69, 9.17) is 4.74 Å². The molecule has 2 rings (SSSR count). The number of methoxy groups -OCH3 is 1. The van der Waals surface area contributed by atoms with Crippen molar-refractivity contribution in [2.75, 3.05) is 13.7 Å². The Morgan fingerprint density at radius 2 is 2.00 bits per heavy atom. The second kappa shape index (κ2) is 4.64. The van der Waals surface area contributed by atoms with Crippen molar-refractivity contribution in [2.45, 2.75) is 44.9 Å². The van der Waals surface area contributed by atoms with Crippen LogP contribution in [0.3, 0.4) is 0 Å². The summed E-state index contributed by atoms with van der Waals surface area (Å²) in [5, 5.41) is 2.76. The predicted octanol–water partition coefficient (Wildman–Crippen LogP) is 0.147. The van der Waals surface area contributed by atoms with Gasteiger partial charge in [0.15, 0.2) is 0 Å². The van der Waals surface area contributed by atoms with Crippen LogP contribution >= 0.6 is 0 Å². The van der Waals surface area contributed by atoms with E-state index in [0.717, 1.165) is 12.8 Å². The highest BCUT2D eigenvalue weighted by atomic mass is 16.5. The molecule has 96 valence electrons. The molecule has 1 atom stereocenters. The van der Waals surface area contributed by atoms with Crippen LogP contribution in [-0.4, -0.2) is 48.6 Å². The number of nitrogens with zero attached hydrogens (tertiary/aromatic N) is 1. The van der Waals surface area contributed by atoms with E-state index in [-0.39, 0.29) is 42.5 Å². The molecule has 1 aliphatic carbocycles. The van der Waals surface area contributed by atoms with Crippen molar-refractivity contribution >= 4 is 11.8 Å². The third-order valence-electron chi connectivity index (χ3n) is 3.69. The van der Waals surface area contributed by atoms with Crippen LogP contribution in [0, 0.1) is 5.92 Å². The fourth-order valence-corrected chi connectivity index (χ4v) is 2.44. The summed E-state index contributed by atoms with van der Waals surface area (Å²) in [6.45, 7) is 4.10. The van der Waals surface area contributed by atoms with Crippen LogP contribution in [0.4, 0.5) is 0 Å². The Morgan fingerprint density at radius 1 is 1.35 bits per heavy atom. The highest BCUT2D eigenvalue weighted by molar-refractivity contribution is 5.95. The van der Waals surface area contributed by atoms with Crippen molar-refractivity contribution in [3.05, 3.63) is 0 Å². The Hall–Kier alpha value is -1.10. The number of piperazine rings is 1. The molecule has 0 radical (unpaired) electrons. The number of ether oxygens (including phenoxy) is 1. The van der Waals surface area contributed by atoms with Gasteiger partial charge in [0.2, 0.25) is 11.8 Å². The number of hydrogen-bond acceptors (Lipinski definition) is 3. The summed E-state index contributed by atoms with van der Waals surface area (Å²) in [7, 11) is 1.68. The van der Waals surface area contributed by atoms with Crippen molar-refractivity contribution in [1.29, 1.82) is 0 Å². The monoisotopic (exact) mass is 240 g/mol. The summed E-state index contributed by atoms with van der Waals surface area (Å²) >= 11 is 0. The average molecular weight is 240 g/mol. The normalized spacial score (nSPS) is 33.6. The van der Waals surface area contributed by atoms with Crippen molar-refractivity contribution in [3.63, 3.8) is 0 Å². The maximum Gasteiger partial charge on any atom is 0.246 e. The number of rotatable bonds is 3. The van der Waals surface area contributed by atoms with Gasteiger partial charge in [-0.1, -0.05) is 13.8 Å². The molecule has 0 bridgehead atoms. The Kier molecular flexibility index (Phi) is 3.38. The molecule has 1 saturated heterocycles. The van der Waals surface area contributed by atoms with Gasteiger partial charge in [-0.05, 0) is 18.8 Å². The SMILES string of the molecule is COC1CC(N2CC(=O)NC(C(C)C)C2=O)C1. The number of nitrogens with one attached hydrogen (secondary N) is 1. The van der Waals surface area contributed by atoms with Crippen LogP contribution in [0.1, 0.15) is 26.7 Å². The summed E-state index contributed by atoms with van der Waals surface area (Å²) < 4.78 is 5.21. The zero-order chi connectivity index (χ0) is 12.6. The van der Waals surface area contributed by atoms with Gasteiger partial charge in [-0.25, -0.2) is 0 Å². The second-order valence-corrected chi connectivity index (χ2v) is 5.24. The predicted molar refractivity (Wildman–Crippen MR) is 62.3 cm³/mol. The molecule has 2 aliphatic rings. The number of carbonyl (C=O) groups excluding carboxylic acids is 2. The van der Waals surface area contributed by atoms with Gasteiger partial charge >= 0.3 is 0 Å². The molecule has 5 nitrogen and oxygen atoms in total. The van der Waals surface area contributed by atoms with Crippen molar-refractivity contribution < 1.29 is 14.3 Å². The Labute approximate surface area is 101 Å². The molecule has 1 unspecified atom stereocenters. The lowest BCUT2D eigenvalue weighted by atomic mass is 9.86. The Balaban J connectivity index is 2.02. The summed E-state index contributed by atoms with van der Waals surface area (Å²) in [6.07, 6.45) is 1.94. The lowest BCUT2D eigenvalue weighted by Gasteiger charge is -2.45. The van der Waals surface area contributed by atoms with E-state index in [9.17, 15) is 9.59 Å². The largest absolute Gasteiger partial charge is 0.381 e. The summed E-state index contributed by atoms with van der Waals surface area (Å²) in [6, 6.07) is -0.183. The van der Waals surface area contributed by atoms with E-state index < -0.39 is 0 Å². The first-order chi connectivity index (χ1) is 8.02. The smallest absolute Gasteiger partial charge is 0.246 e. The van der Waals surface area contributed by atoms with E-state index in [2.05, 4.69) is 5.32 Å². The number of amides is 2. The first-order valence-corrected chi connectivity index (χ1v) is 6.15. The maximum atomic E-state index is 12.2. The van der Waals surface area contributed by atoms with Gasteiger partial charge in [-0.3, -0.25) is 9.59 Å². The van der Waals surface area contributed by atoms with E-state index in [1.54, 1.807) is 12.0 Å². The van der Waals surface area contributed by atoms with Crippen molar-refractivity contribution in [1.82, 2.24) is 10.2 Å². The van der Waals surface area contributed by atoms with Gasteiger partial charge in [-0.2, -0.15) is 0 Å². The quantitative estimate of drug-likeness (QED) is 0.763. The summed E-state index contributed by atoms with van der Waals surface area (Å²) in [5.74, 6) is 0.135. The van der Waals surface area contributed by atoms with Crippen LogP contribution in [0.5, 0.6) is 0 Å². The lowest BCUT2D eigenvalue weighted by Crippen LogP contribution is -2.64. The topological polar surface area (TPSA) is 58.6 Å². The zero-order valence-corrected chi connectivity index (χ0v) is 10.6. The molecule has 0 aromatic heterocycles. The number of hydrogen-bond donors (Lipinski definition) is 1. The van der Waals surface area contributed by atoms with Crippen LogP contribution in [0.2, 0.25) is 0 Å². The molecule has 5 heteroatoms. The molecule has 17 heavy (non-hydrogen) atoms. The first-order valence-electron chi connectivity index (χ1n) is 6.15. The molecule has 0 spiro atoms. The van der Waals surface area contributed by atoms with Crippen molar-refractivity contribution in [2.24, 2.45) is 5.92 Å². The van der Waals surface area contributed by atoms with E-state index in [0.29, 0.717) is 0 Å². The Morgan fingerprint density at radius 3 is 2.53 bits per heavy atom. The van der Waals surface area contributed by atoms with Crippen molar-refractivity contribution in [3.8, 4) is 0 Å². The molecular formula is C12H20N2O3. The van der Waals surface area contributed by atoms with Gasteiger partial charge in [0.05, 0.1) is 12.6 Å². The molecule has 1 saturated carbocycles. The molecule has 1 N–H and O–H groups in total. The van der Waals surface area contributed by atoms with Crippen LogP contribution in [0.25, 0.3) is 0 Å². The standard InChI is InChI=1S/C12H20N2O3/c1-7(2)11-12(16)14(6-10(15)13-11)8-4-9(5-8)17-3/h7-9,11H,4-6H2,1-3H3,(H,13,15). The zero-order valence-electron chi connectivity index (χ0n) is 10.6. The van der Waals surface area contributed by atoms with Crippen LogP contribution in [-0.2, 0) is 14.3 Å². The highest BCUT2D eigenvalue weighted by Gasteiger charge is 2.42. The molecule has 2 fully saturated rings. The van der Waals surface area contributed by atoms with E-state index in [1.165, 1.54) is 0 Å². The minimum absolute atomic E-state index is 0.0517. The van der Waals surface area contributed by atoms with Gasteiger partial charge in [-0.15, -0.1) is 0 Å². The third kappa shape index (κ3) is 2.29. The minimum Gasteiger partial charge on any atom is -0.381 e. The fraction of sp³-hybridized carbons (Fsp3) is 0.833. The first kappa shape index (κ1) is 12.4. The molecule has 1 aliphatic heterocycles. The Bertz CT molecular complexity index is 324. The molecule has 2 amide bonds. The fourth-order valence-electron chi connectivity index (χ4n) is 2.44. The van der Waals surface area contributed by atoms with E-state index in [1.807, 2.05) is 13.8 Å². The summed E-state index contributed by atoms with van der Waals surface area (Å²) in [4.78, 5) is 25.5. The third-order valence-corrected chi connectivity index (χ3v) is 3.69. The van der Waals surface area contributed by atoms with Gasteiger partial charge in [0.1, 0.15) is 6.04 Å². The second-order valence-electron chi connectivity index (χ2n) is 5.24. The van der Waals surface area contributed by atoms with Crippen LogP contribution in [0.15, 0.2) is 0 Å². The molecule has 0 aromatic carbocycles. The molecule has 1 heterocycles. The maximum absolute atomic E-state index is 12.2. The molecular weight excluding hydrogens is 220 g/mol. The van der Waals surface area contributed by atoms with Gasteiger partial charge < -0.3 is 15.0 Å². The van der Waals surface area contributed by atoms with Crippen LogP contribution < -0.4 is 5.32 Å². The summed E-state index contributed by atoms with van der Waals surface area (Å²) in [5.41, 5.74) is 0. The number of carbonyl (C=O) groups is 2. The van der Waals surface area contributed by atoms with Gasteiger partial charge in [0, 0.05) is 13.2 Å². The van der Waals surface area contributed by atoms with E-state index >= 15 is 0 Å². The average Bonchev–Trinajstić information content (AvgIpc) is 2.20. The lowest BCUT2D eigenvalue weighted by molar-refractivity contribution is -0.152. The highest BCUT2D eigenvalue weighted by Crippen LogP contribution is 2.29. The van der Waals surface area contributed by atoms with Gasteiger partial charge in [0.25, 0.3) is 0 Å².